The van der Waals surface area contributed by atoms with Crippen molar-refractivity contribution in [1.82, 2.24) is 14.9 Å². The molecule has 1 aliphatic rings. The summed E-state index contributed by atoms with van der Waals surface area (Å²) in [5, 5.41) is 0. The highest BCUT2D eigenvalue weighted by Gasteiger charge is 2.26. The summed E-state index contributed by atoms with van der Waals surface area (Å²) in [6, 6.07) is 0.490. The molecule has 0 amide bonds. The van der Waals surface area contributed by atoms with E-state index >= 15 is 0 Å². The number of morpholine rings is 1. The van der Waals surface area contributed by atoms with Gasteiger partial charge in [-0.15, -0.1) is 0 Å². The molecule has 2 N–H and O–H groups in total. The van der Waals surface area contributed by atoms with E-state index in [0.717, 1.165) is 36.8 Å². The van der Waals surface area contributed by atoms with E-state index < -0.39 is 0 Å². The van der Waals surface area contributed by atoms with Crippen molar-refractivity contribution in [1.29, 1.82) is 0 Å². The van der Waals surface area contributed by atoms with Crippen molar-refractivity contribution in [2.75, 3.05) is 19.7 Å². The summed E-state index contributed by atoms with van der Waals surface area (Å²) in [4.78, 5) is 11.4. The van der Waals surface area contributed by atoms with E-state index in [4.69, 9.17) is 10.5 Å². The van der Waals surface area contributed by atoms with Crippen molar-refractivity contribution in [2.45, 2.75) is 45.9 Å². The molecule has 2 rings (SSSR count). The van der Waals surface area contributed by atoms with Crippen LogP contribution in [0.2, 0.25) is 0 Å². The van der Waals surface area contributed by atoms with Crippen LogP contribution in [-0.4, -0.2) is 40.6 Å². The van der Waals surface area contributed by atoms with Crippen LogP contribution in [0.3, 0.4) is 0 Å². The van der Waals surface area contributed by atoms with Crippen LogP contribution in [0, 0.1) is 6.92 Å². The third-order valence-electron chi connectivity index (χ3n) is 3.64. The molecule has 0 aliphatic carbocycles. The molecule has 1 aromatic rings. The topological polar surface area (TPSA) is 64.3 Å². The molecule has 1 fully saturated rings. The Morgan fingerprint density at radius 1 is 1.42 bits per heavy atom. The second kappa shape index (κ2) is 5.94. The molecule has 1 aromatic heterocycles. The molecule has 2 unspecified atom stereocenters. The van der Waals surface area contributed by atoms with Gasteiger partial charge in [0, 0.05) is 42.6 Å². The molecule has 1 saturated heterocycles. The van der Waals surface area contributed by atoms with Crippen LogP contribution < -0.4 is 5.73 Å². The lowest BCUT2D eigenvalue weighted by molar-refractivity contribution is -0.0443. The normalized spacial score (nSPS) is 22.7. The highest BCUT2D eigenvalue weighted by atomic mass is 16.5. The Bertz CT molecular complexity index is 433. The Labute approximate surface area is 115 Å². The third kappa shape index (κ3) is 3.29. The van der Waals surface area contributed by atoms with Crippen LogP contribution in [0.15, 0.2) is 6.20 Å². The first-order chi connectivity index (χ1) is 8.99. The fourth-order valence-electron chi connectivity index (χ4n) is 2.39. The van der Waals surface area contributed by atoms with Crippen molar-refractivity contribution < 1.29 is 4.74 Å². The lowest BCUT2D eigenvalue weighted by atomic mass is 10.1. The van der Waals surface area contributed by atoms with Gasteiger partial charge in [0.1, 0.15) is 6.10 Å². The summed E-state index contributed by atoms with van der Waals surface area (Å²) in [6.07, 6.45) is 1.80. The van der Waals surface area contributed by atoms with Crippen LogP contribution in [0.1, 0.15) is 50.0 Å². The number of ether oxygens (including phenoxy) is 1. The smallest absolute Gasteiger partial charge is 0.158 e. The minimum Gasteiger partial charge on any atom is -0.368 e. The van der Waals surface area contributed by atoms with E-state index in [0.29, 0.717) is 6.04 Å². The second-order valence-electron chi connectivity index (χ2n) is 5.51. The quantitative estimate of drug-likeness (QED) is 0.898. The first-order valence-corrected chi connectivity index (χ1v) is 6.93. The lowest BCUT2D eigenvalue weighted by Crippen LogP contribution is -2.42. The van der Waals surface area contributed by atoms with Gasteiger partial charge < -0.3 is 10.5 Å². The monoisotopic (exact) mass is 264 g/mol. The first-order valence-electron chi connectivity index (χ1n) is 6.93. The Kier molecular flexibility index (Phi) is 4.50. The van der Waals surface area contributed by atoms with E-state index in [2.05, 4.69) is 28.7 Å². The molecule has 106 valence electrons. The molecule has 0 spiro atoms. The summed E-state index contributed by atoms with van der Waals surface area (Å²) in [7, 11) is 0. The van der Waals surface area contributed by atoms with Crippen LogP contribution in [-0.2, 0) is 4.74 Å². The Balaban J connectivity index is 2.15. The predicted octanol–water partition coefficient (Wildman–Crippen LogP) is 1.59. The van der Waals surface area contributed by atoms with Crippen molar-refractivity contribution in [2.24, 2.45) is 5.73 Å². The second-order valence-corrected chi connectivity index (χ2v) is 5.51. The Morgan fingerprint density at radius 2 is 2.16 bits per heavy atom. The van der Waals surface area contributed by atoms with Gasteiger partial charge in [-0.25, -0.2) is 9.97 Å². The number of aryl methyl sites for hydroxylation is 1. The van der Waals surface area contributed by atoms with E-state index in [1.54, 1.807) is 0 Å². The van der Waals surface area contributed by atoms with Gasteiger partial charge in [-0.3, -0.25) is 4.90 Å². The Morgan fingerprint density at radius 3 is 2.74 bits per heavy atom. The fourth-order valence-corrected chi connectivity index (χ4v) is 2.39. The molecule has 0 radical (unpaired) electrons. The molecule has 2 atom stereocenters. The number of aromatic nitrogens is 2. The molecule has 0 aromatic carbocycles. The average molecular weight is 264 g/mol. The number of rotatable bonds is 3. The highest BCUT2D eigenvalue weighted by molar-refractivity contribution is 5.20. The summed E-state index contributed by atoms with van der Waals surface area (Å²) < 4.78 is 5.80. The predicted molar refractivity (Wildman–Crippen MR) is 74.8 cm³/mol. The number of nitrogens with zero attached hydrogens (tertiary/aromatic N) is 3. The molecule has 5 nitrogen and oxygen atoms in total. The zero-order valence-corrected chi connectivity index (χ0v) is 12.3. The maximum atomic E-state index is 5.89. The standard InChI is InChI=1S/C14H24N4O/c1-9(2)18-5-6-19-13(8-18)14-16-7-12(10(3)15)11(4)17-14/h7,9-10,13H,5-6,8,15H2,1-4H3. The maximum absolute atomic E-state index is 5.89. The zero-order valence-electron chi connectivity index (χ0n) is 12.3. The fraction of sp³-hybridized carbons (Fsp3) is 0.714. The maximum Gasteiger partial charge on any atom is 0.158 e. The summed E-state index contributed by atoms with van der Waals surface area (Å²) in [5.74, 6) is 0.771. The third-order valence-corrected chi connectivity index (χ3v) is 3.64. The van der Waals surface area contributed by atoms with E-state index in [-0.39, 0.29) is 12.1 Å². The largest absolute Gasteiger partial charge is 0.368 e. The summed E-state index contributed by atoms with van der Waals surface area (Å²) in [6.45, 7) is 10.9. The number of hydrogen-bond donors (Lipinski definition) is 1. The van der Waals surface area contributed by atoms with Gasteiger partial charge in [0.05, 0.1) is 6.61 Å². The molecule has 5 heteroatoms. The average Bonchev–Trinajstić information content (AvgIpc) is 2.38. The van der Waals surface area contributed by atoms with E-state index in [1.807, 2.05) is 20.0 Å². The van der Waals surface area contributed by atoms with Gasteiger partial charge in [-0.2, -0.15) is 0 Å². The van der Waals surface area contributed by atoms with Crippen LogP contribution in [0.4, 0.5) is 0 Å². The van der Waals surface area contributed by atoms with Gasteiger partial charge in [0.15, 0.2) is 5.82 Å². The molecule has 1 aliphatic heterocycles. The molecule has 19 heavy (non-hydrogen) atoms. The van der Waals surface area contributed by atoms with Crippen molar-refractivity contribution >= 4 is 0 Å². The van der Waals surface area contributed by atoms with Gasteiger partial charge >= 0.3 is 0 Å². The first kappa shape index (κ1) is 14.4. The van der Waals surface area contributed by atoms with Crippen LogP contribution in [0.25, 0.3) is 0 Å². The van der Waals surface area contributed by atoms with Crippen molar-refractivity contribution in [3.63, 3.8) is 0 Å². The molecular weight excluding hydrogens is 240 g/mol. The van der Waals surface area contributed by atoms with Gasteiger partial charge in [-0.1, -0.05) is 0 Å². The van der Waals surface area contributed by atoms with Gasteiger partial charge in [0.2, 0.25) is 0 Å². The summed E-state index contributed by atoms with van der Waals surface area (Å²) in [5.41, 5.74) is 7.83. The van der Waals surface area contributed by atoms with Gasteiger partial charge in [-0.05, 0) is 27.7 Å². The molecule has 0 bridgehead atoms. The van der Waals surface area contributed by atoms with E-state index in [9.17, 15) is 0 Å². The van der Waals surface area contributed by atoms with Crippen LogP contribution >= 0.6 is 0 Å². The molecular formula is C14H24N4O. The summed E-state index contributed by atoms with van der Waals surface area (Å²) >= 11 is 0. The van der Waals surface area contributed by atoms with Gasteiger partial charge in [0.25, 0.3) is 0 Å². The van der Waals surface area contributed by atoms with Crippen molar-refractivity contribution in [3.8, 4) is 0 Å². The SMILES string of the molecule is Cc1nc(C2CN(C(C)C)CCO2)ncc1C(C)N. The van der Waals surface area contributed by atoms with Crippen molar-refractivity contribution in [3.05, 3.63) is 23.3 Å². The lowest BCUT2D eigenvalue weighted by Gasteiger charge is -2.34. The van der Waals surface area contributed by atoms with Crippen LogP contribution in [0.5, 0.6) is 0 Å². The van der Waals surface area contributed by atoms with E-state index in [1.165, 1.54) is 0 Å². The molecule has 0 saturated carbocycles. The Hall–Kier alpha value is -1.04. The highest BCUT2D eigenvalue weighted by Crippen LogP contribution is 2.22. The molecule has 2 heterocycles. The minimum atomic E-state index is -0.0338. The zero-order chi connectivity index (χ0) is 14.0. The minimum absolute atomic E-state index is 0.0306. The number of nitrogens with two attached hydrogens (primary N) is 1. The number of hydrogen-bond acceptors (Lipinski definition) is 5.